The zero-order chi connectivity index (χ0) is 25.0. The molecule has 2 aromatic heterocycles. The van der Waals surface area contributed by atoms with Gasteiger partial charge in [-0.2, -0.15) is 0 Å². The first kappa shape index (κ1) is 25.6. The third-order valence-electron chi connectivity index (χ3n) is 6.24. The van der Waals surface area contributed by atoms with Crippen molar-refractivity contribution in [3.63, 3.8) is 0 Å². The van der Waals surface area contributed by atoms with Gasteiger partial charge in [-0.1, -0.05) is 75.3 Å². The minimum absolute atomic E-state index is 0.0971. The van der Waals surface area contributed by atoms with E-state index in [0.29, 0.717) is 22.0 Å². The predicted molar refractivity (Wildman–Crippen MR) is 140 cm³/mol. The first-order chi connectivity index (χ1) is 16.7. The molecule has 188 valence electrons. The molecule has 0 radical (unpaired) electrons. The van der Waals surface area contributed by atoms with E-state index in [4.69, 9.17) is 4.74 Å². The Balaban J connectivity index is 1.29. The SMILES string of the molecule is CC(Oc1ccc(C(C)(C)C)cc1)c1nnc(SCC(=O)Nc2nnc(C3CCCCC3)s2)n1C. The maximum absolute atomic E-state index is 12.5. The Bertz CT molecular complexity index is 1130. The fourth-order valence-electron chi connectivity index (χ4n) is 4.18. The molecule has 1 atom stereocenters. The van der Waals surface area contributed by atoms with Gasteiger partial charge in [0, 0.05) is 13.0 Å². The van der Waals surface area contributed by atoms with Crippen molar-refractivity contribution in [1.29, 1.82) is 0 Å². The number of anilines is 1. The van der Waals surface area contributed by atoms with E-state index in [9.17, 15) is 4.79 Å². The van der Waals surface area contributed by atoms with Crippen LogP contribution in [0.5, 0.6) is 5.75 Å². The van der Waals surface area contributed by atoms with Gasteiger partial charge in [-0.25, -0.2) is 0 Å². The topological polar surface area (TPSA) is 94.8 Å². The van der Waals surface area contributed by atoms with Gasteiger partial charge in [0.1, 0.15) is 10.8 Å². The maximum Gasteiger partial charge on any atom is 0.236 e. The number of nitrogens with zero attached hydrogens (tertiary/aromatic N) is 5. The number of benzene rings is 1. The molecule has 1 N–H and O–H groups in total. The van der Waals surface area contributed by atoms with Crippen LogP contribution in [-0.4, -0.2) is 36.6 Å². The molecule has 35 heavy (non-hydrogen) atoms. The molecule has 0 spiro atoms. The molecule has 0 saturated heterocycles. The van der Waals surface area contributed by atoms with E-state index in [-0.39, 0.29) is 23.2 Å². The van der Waals surface area contributed by atoms with E-state index >= 15 is 0 Å². The Morgan fingerprint density at radius 2 is 1.86 bits per heavy atom. The highest BCUT2D eigenvalue weighted by Crippen LogP contribution is 2.35. The molecule has 1 fully saturated rings. The minimum atomic E-state index is -0.282. The van der Waals surface area contributed by atoms with Crippen LogP contribution in [0.1, 0.15) is 88.2 Å². The van der Waals surface area contributed by atoms with E-state index in [1.165, 1.54) is 47.9 Å². The second-order valence-corrected chi connectivity index (χ2v) is 12.0. The van der Waals surface area contributed by atoms with E-state index in [0.717, 1.165) is 23.6 Å². The monoisotopic (exact) mass is 514 g/mol. The molecule has 1 aliphatic rings. The van der Waals surface area contributed by atoms with Crippen molar-refractivity contribution in [2.24, 2.45) is 7.05 Å². The van der Waals surface area contributed by atoms with Gasteiger partial charge in [0.2, 0.25) is 11.0 Å². The van der Waals surface area contributed by atoms with Crippen LogP contribution in [-0.2, 0) is 17.3 Å². The molecular weight excluding hydrogens is 480 g/mol. The van der Waals surface area contributed by atoms with Gasteiger partial charge in [0.15, 0.2) is 17.1 Å². The van der Waals surface area contributed by atoms with Crippen molar-refractivity contribution >= 4 is 34.1 Å². The van der Waals surface area contributed by atoms with E-state index in [1.807, 2.05) is 30.7 Å². The summed E-state index contributed by atoms with van der Waals surface area (Å²) in [5.74, 6) is 2.06. The number of rotatable bonds is 8. The van der Waals surface area contributed by atoms with E-state index < -0.39 is 0 Å². The molecule has 1 amide bonds. The molecule has 8 nitrogen and oxygen atoms in total. The molecule has 10 heteroatoms. The van der Waals surface area contributed by atoms with Crippen LogP contribution in [0.25, 0.3) is 0 Å². The van der Waals surface area contributed by atoms with Gasteiger partial charge < -0.3 is 9.30 Å². The van der Waals surface area contributed by atoms with Gasteiger partial charge in [0.05, 0.1) is 5.75 Å². The third-order valence-corrected chi connectivity index (χ3v) is 8.26. The van der Waals surface area contributed by atoms with Crippen molar-refractivity contribution in [2.75, 3.05) is 11.1 Å². The fourth-order valence-corrected chi connectivity index (χ4v) is 5.83. The average molecular weight is 515 g/mol. The lowest BCUT2D eigenvalue weighted by molar-refractivity contribution is -0.113. The minimum Gasteiger partial charge on any atom is -0.483 e. The first-order valence-corrected chi connectivity index (χ1v) is 13.9. The van der Waals surface area contributed by atoms with Crippen LogP contribution in [0.2, 0.25) is 0 Å². The molecule has 0 aliphatic heterocycles. The Hall–Kier alpha value is -2.46. The van der Waals surface area contributed by atoms with Gasteiger partial charge in [-0.15, -0.1) is 20.4 Å². The summed E-state index contributed by atoms with van der Waals surface area (Å²) in [4.78, 5) is 12.5. The summed E-state index contributed by atoms with van der Waals surface area (Å²) >= 11 is 2.83. The van der Waals surface area contributed by atoms with Crippen LogP contribution in [0.3, 0.4) is 0 Å². The summed E-state index contributed by atoms with van der Waals surface area (Å²) in [6, 6.07) is 8.16. The molecule has 0 bridgehead atoms. The van der Waals surface area contributed by atoms with Crippen LogP contribution in [0.15, 0.2) is 29.4 Å². The molecule has 4 rings (SSSR count). The number of ether oxygens (including phenoxy) is 1. The summed E-state index contributed by atoms with van der Waals surface area (Å²) in [7, 11) is 1.89. The summed E-state index contributed by atoms with van der Waals surface area (Å²) in [5.41, 5.74) is 1.35. The molecule has 3 aromatic rings. The van der Waals surface area contributed by atoms with Crippen molar-refractivity contribution in [2.45, 2.75) is 82.4 Å². The normalized spacial score (nSPS) is 15.7. The molecule has 1 unspecified atom stereocenters. The van der Waals surface area contributed by atoms with Crippen molar-refractivity contribution in [1.82, 2.24) is 25.0 Å². The number of hydrogen-bond donors (Lipinski definition) is 1. The average Bonchev–Trinajstić information content (AvgIpc) is 3.44. The molecule has 1 saturated carbocycles. The first-order valence-electron chi connectivity index (χ1n) is 12.1. The van der Waals surface area contributed by atoms with Gasteiger partial charge in [0.25, 0.3) is 0 Å². The number of amides is 1. The maximum atomic E-state index is 12.5. The van der Waals surface area contributed by atoms with E-state index in [2.05, 4.69) is 58.6 Å². The fraction of sp³-hybridized carbons (Fsp3) is 0.560. The number of carbonyl (C=O) groups excluding carboxylic acids is 1. The second-order valence-electron chi connectivity index (χ2n) is 10.1. The number of carbonyl (C=O) groups is 1. The molecular formula is C25H34N6O2S2. The smallest absolute Gasteiger partial charge is 0.236 e. The number of nitrogens with one attached hydrogen (secondary N) is 1. The van der Waals surface area contributed by atoms with Crippen LogP contribution in [0, 0.1) is 0 Å². The standard InChI is InChI=1S/C25H34N6O2S2/c1-16(33-19-13-11-18(12-14-19)25(2,3)4)21-27-30-24(31(21)5)34-15-20(32)26-23-29-28-22(35-23)17-9-7-6-8-10-17/h11-14,16-17H,6-10,15H2,1-5H3,(H,26,29,32). The van der Waals surface area contributed by atoms with Crippen LogP contribution < -0.4 is 10.1 Å². The number of thioether (sulfide) groups is 1. The highest BCUT2D eigenvalue weighted by atomic mass is 32.2. The van der Waals surface area contributed by atoms with Gasteiger partial charge in [-0.3, -0.25) is 10.1 Å². The summed E-state index contributed by atoms with van der Waals surface area (Å²) in [6.07, 6.45) is 5.84. The highest BCUT2D eigenvalue weighted by Gasteiger charge is 2.21. The quantitative estimate of drug-likeness (QED) is 0.375. The zero-order valence-corrected chi connectivity index (χ0v) is 22.7. The Kier molecular flexibility index (Phi) is 8.11. The molecule has 2 heterocycles. The molecule has 1 aromatic carbocycles. The van der Waals surface area contributed by atoms with Gasteiger partial charge in [-0.05, 0) is 42.9 Å². The lowest BCUT2D eigenvalue weighted by Crippen LogP contribution is -2.15. The predicted octanol–water partition coefficient (Wildman–Crippen LogP) is 5.88. The van der Waals surface area contributed by atoms with Crippen molar-refractivity contribution in [3.8, 4) is 5.75 Å². The summed E-state index contributed by atoms with van der Waals surface area (Å²) in [5, 5.41) is 22.2. The Labute approximate surface area is 215 Å². The molecule has 1 aliphatic carbocycles. The van der Waals surface area contributed by atoms with Crippen molar-refractivity contribution in [3.05, 3.63) is 40.7 Å². The van der Waals surface area contributed by atoms with Crippen LogP contribution >= 0.6 is 23.1 Å². The summed E-state index contributed by atoms with van der Waals surface area (Å²) in [6.45, 7) is 8.51. The third kappa shape index (κ3) is 6.61. The van der Waals surface area contributed by atoms with Crippen LogP contribution in [0.4, 0.5) is 5.13 Å². The van der Waals surface area contributed by atoms with Crippen molar-refractivity contribution < 1.29 is 9.53 Å². The number of hydrogen-bond acceptors (Lipinski definition) is 8. The van der Waals surface area contributed by atoms with Gasteiger partial charge >= 0.3 is 0 Å². The lowest BCUT2D eigenvalue weighted by atomic mass is 9.87. The Morgan fingerprint density at radius 3 is 2.54 bits per heavy atom. The summed E-state index contributed by atoms with van der Waals surface area (Å²) < 4.78 is 7.97. The van der Waals surface area contributed by atoms with E-state index in [1.54, 1.807) is 0 Å². The lowest BCUT2D eigenvalue weighted by Gasteiger charge is -2.20. The second kappa shape index (κ2) is 11.1. The zero-order valence-electron chi connectivity index (χ0n) is 21.1. The number of aromatic nitrogens is 5. The highest BCUT2D eigenvalue weighted by molar-refractivity contribution is 7.99. The largest absolute Gasteiger partial charge is 0.483 e. The Morgan fingerprint density at radius 1 is 1.14 bits per heavy atom.